The molecule has 1 aliphatic rings. The van der Waals surface area contributed by atoms with Crippen molar-refractivity contribution in [3.8, 4) is 5.75 Å². The maximum absolute atomic E-state index is 12.4. The third-order valence-electron chi connectivity index (χ3n) is 3.58. The zero-order valence-corrected chi connectivity index (χ0v) is 12.9. The smallest absolute Gasteiger partial charge is 0.240 e. The molecule has 6 nitrogen and oxygen atoms in total. The Bertz CT molecular complexity index is 739. The topological polar surface area (TPSA) is 77.8 Å². The second kappa shape index (κ2) is 6.12. The first-order chi connectivity index (χ1) is 10.6. The van der Waals surface area contributed by atoms with Gasteiger partial charge >= 0.3 is 0 Å². The van der Waals surface area contributed by atoms with E-state index in [1.165, 1.54) is 13.4 Å². The normalized spacial score (nSPS) is 15.3. The minimum Gasteiger partial charge on any atom is -0.493 e. The van der Waals surface area contributed by atoms with E-state index >= 15 is 0 Å². The molecule has 7 heteroatoms. The number of methoxy groups -OCH3 is 1. The van der Waals surface area contributed by atoms with Crippen LogP contribution in [-0.2, 0) is 21.2 Å². The van der Waals surface area contributed by atoms with E-state index in [0.29, 0.717) is 12.4 Å². The number of hydrogen-bond donors (Lipinski definition) is 1. The number of fused-ring (bicyclic) bond motifs is 1. The number of rotatable bonds is 6. The lowest BCUT2D eigenvalue weighted by molar-refractivity contribution is 0.0878. The maximum atomic E-state index is 12.4. The van der Waals surface area contributed by atoms with Crippen molar-refractivity contribution < 1.29 is 22.3 Å². The standard InChI is InChI=1S/C15H17NO5S/c1-19-15(14-3-2-7-20-14)10-16-22(17,18)12-4-5-13-11(9-12)6-8-21-13/h2-5,7,9,15-16H,6,8,10H2,1H3. The van der Waals surface area contributed by atoms with Crippen LogP contribution in [0.5, 0.6) is 5.75 Å². The van der Waals surface area contributed by atoms with Crippen LogP contribution in [0.1, 0.15) is 17.4 Å². The van der Waals surface area contributed by atoms with Gasteiger partial charge in [0.05, 0.1) is 17.8 Å². The highest BCUT2D eigenvalue weighted by molar-refractivity contribution is 7.89. The van der Waals surface area contributed by atoms with E-state index in [9.17, 15) is 8.42 Å². The number of sulfonamides is 1. The van der Waals surface area contributed by atoms with Crippen LogP contribution >= 0.6 is 0 Å². The van der Waals surface area contributed by atoms with E-state index in [1.54, 1.807) is 30.3 Å². The van der Waals surface area contributed by atoms with Gasteiger partial charge in [-0.1, -0.05) is 0 Å². The Hall–Kier alpha value is -1.83. The summed E-state index contributed by atoms with van der Waals surface area (Å²) in [6, 6.07) is 8.36. The van der Waals surface area contributed by atoms with Crippen molar-refractivity contribution in [2.24, 2.45) is 0 Å². The van der Waals surface area contributed by atoms with Gasteiger partial charge in [0.2, 0.25) is 10.0 Å². The van der Waals surface area contributed by atoms with Crippen molar-refractivity contribution in [1.29, 1.82) is 0 Å². The Labute approximate surface area is 129 Å². The van der Waals surface area contributed by atoms with Gasteiger partial charge in [-0.25, -0.2) is 13.1 Å². The number of hydrogen-bond acceptors (Lipinski definition) is 5. The van der Waals surface area contributed by atoms with Crippen LogP contribution in [0.15, 0.2) is 45.9 Å². The van der Waals surface area contributed by atoms with Crippen molar-refractivity contribution in [2.75, 3.05) is 20.3 Å². The van der Waals surface area contributed by atoms with Gasteiger partial charge in [-0.05, 0) is 35.9 Å². The lowest BCUT2D eigenvalue weighted by Crippen LogP contribution is -2.29. The third-order valence-corrected chi connectivity index (χ3v) is 5.00. The molecule has 2 heterocycles. The second-order valence-electron chi connectivity index (χ2n) is 4.96. The molecular weight excluding hydrogens is 306 g/mol. The number of furan rings is 1. The Morgan fingerprint density at radius 1 is 1.36 bits per heavy atom. The van der Waals surface area contributed by atoms with Crippen LogP contribution < -0.4 is 9.46 Å². The van der Waals surface area contributed by atoms with Crippen LogP contribution in [0.4, 0.5) is 0 Å². The summed E-state index contributed by atoms with van der Waals surface area (Å²) in [7, 11) is -2.10. The predicted octanol–water partition coefficient (Wildman–Crippen LogP) is 1.88. The van der Waals surface area contributed by atoms with Gasteiger partial charge in [0, 0.05) is 20.1 Å². The Morgan fingerprint density at radius 2 is 2.23 bits per heavy atom. The van der Waals surface area contributed by atoms with Crippen molar-refractivity contribution in [3.63, 3.8) is 0 Å². The Morgan fingerprint density at radius 3 is 2.95 bits per heavy atom. The molecule has 0 bridgehead atoms. The molecule has 0 saturated heterocycles. The first kappa shape index (κ1) is 15.1. The molecule has 118 valence electrons. The molecule has 22 heavy (non-hydrogen) atoms. The fourth-order valence-electron chi connectivity index (χ4n) is 2.37. The highest BCUT2D eigenvalue weighted by Crippen LogP contribution is 2.27. The van der Waals surface area contributed by atoms with Crippen LogP contribution in [-0.4, -0.2) is 28.7 Å². The van der Waals surface area contributed by atoms with Crippen molar-refractivity contribution in [3.05, 3.63) is 47.9 Å². The van der Waals surface area contributed by atoms with Gasteiger partial charge in [-0.3, -0.25) is 0 Å². The largest absolute Gasteiger partial charge is 0.493 e. The monoisotopic (exact) mass is 323 g/mol. The lowest BCUT2D eigenvalue weighted by atomic mass is 10.2. The number of ether oxygens (including phenoxy) is 2. The molecule has 1 atom stereocenters. The van der Waals surface area contributed by atoms with Crippen LogP contribution in [0.25, 0.3) is 0 Å². The van der Waals surface area contributed by atoms with Gasteiger partial charge < -0.3 is 13.9 Å². The highest BCUT2D eigenvalue weighted by atomic mass is 32.2. The summed E-state index contributed by atoms with van der Waals surface area (Å²) < 4.78 is 43.2. The van der Waals surface area contributed by atoms with Gasteiger partial charge in [0.25, 0.3) is 0 Å². The summed E-state index contributed by atoms with van der Waals surface area (Å²) in [5.41, 5.74) is 0.914. The van der Waals surface area contributed by atoms with E-state index in [-0.39, 0.29) is 11.4 Å². The summed E-state index contributed by atoms with van der Waals surface area (Å²) in [5.74, 6) is 1.33. The molecule has 1 N–H and O–H groups in total. The van der Waals surface area contributed by atoms with E-state index in [2.05, 4.69) is 4.72 Å². The minimum absolute atomic E-state index is 0.0972. The van der Waals surface area contributed by atoms with E-state index in [4.69, 9.17) is 13.9 Å². The number of benzene rings is 1. The molecular formula is C15H17NO5S. The summed E-state index contributed by atoms with van der Waals surface area (Å²) >= 11 is 0. The van der Waals surface area contributed by atoms with Crippen LogP contribution in [0.2, 0.25) is 0 Å². The average molecular weight is 323 g/mol. The summed E-state index contributed by atoms with van der Waals surface area (Å²) in [5, 5.41) is 0. The van der Waals surface area contributed by atoms with Crippen molar-refractivity contribution >= 4 is 10.0 Å². The molecule has 1 aromatic heterocycles. The number of nitrogens with one attached hydrogen (secondary N) is 1. The Kier molecular flexibility index (Phi) is 4.19. The fourth-order valence-corrected chi connectivity index (χ4v) is 3.46. The first-order valence-corrected chi connectivity index (χ1v) is 8.40. The van der Waals surface area contributed by atoms with Gasteiger partial charge in [0.15, 0.2) is 0 Å². The molecule has 2 aromatic rings. The molecule has 0 radical (unpaired) electrons. The minimum atomic E-state index is -3.61. The Balaban J connectivity index is 1.73. The summed E-state index contributed by atoms with van der Waals surface area (Å²) in [4.78, 5) is 0.228. The van der Waals surface area contributed by atoms with E-state index in [0.717, 1.165) is 17.7 Å². The molecule has 3 rings (SSSR count). The molecule has 1 unspecified atom stereocenters. The van der Waals surface area contributed by atoms with E-state index in [1.807, 2.05) is 0 Å². The molecule has 0 saturated carbocycles. The van der Waals surface area contributed by atoms with Crippen LogP contribution in [0.3, 0.4) is 0 Å². The molecule has 0 fully saturated rings. The summed E-state index contributed by atoms with van der Waals surface area (Å²) in [6.45, 7) is 0.691. The predicted molar refractivity (Wildman–Crippen MR) is 79.3 cm³/mol. The second-order valence-corrected chi connectivity index (χ2v) is 6.73. The van der Waals surface area contributed by atoms with Crippen LogP contribution in [0, 0.1) is 0 Å². The highest BCUT2D eigenvalue weighted by Gasteiger charge is 2.22. The zero-order chi connectivity index (χ0) is 15.6. The van der Waals surface area contributed by atoms with Crippen molar-refractivity contribution in [1.82, 2.24) is 4.72 Å². The van der Waals surface area contributed by atoms with Crippen molar-refractivity contribution in [2.45, 2.75) is 17.4 Å². The molecule has 0 amide bonds. The first-order valence-electron chi connectivity index (χ1n) is 6.92. The molecule has 1 aromatic carbocycles. The zero-order valence-electron chi connectivity index (χ0n) is 12.1. The van der Waals surface area contributed by atoms with Gasteiger partial charge in [-0.15, -0.1) is 0 Å². The lowest BCUT2D eigenvalue weighted by Gasteiger charge is -2.14. The molecule has 1 aliphatic heterocycles. The average Bonchev–Trinajstić information content (AvgIpc) is 3.18. The third kappa shape index (κ3) is 3.01. The molecule has 0 spiro atoms. The van der Waals surface area contributed by atoms with E-state index < -0.39 is 16.1 Å². The maximum Gasteiger partial charge on any atom is 0.240 e. The van der Waals surface area contributed by atoms with Gasteiger partial charge in [-0.2, -0.15) is 0 Å². The molecule has 0 aliphatic carbocycles. The fraction of sp³-hybridized carbons (Fsp3) is 0.333. The summed E-state index contributed by atoms with van der Waals surface area (Å²) in [6.07, 6.45) is 1.78. The SMILES string of the molecule is COC(CNS(=O)(=O)c1ccc2c(c1)CCO2)c1ccco1. The quantitative estimate of drug-likeness (QED) is 0.878. The van der Waals surface area contributed by atoms with Gasteiger partial charge in [0.1, 0.15) is 17.6 Å².